The Morgan fingerprint density at radius 3 is 2.50 bits per heavy atom. The first-order chi connectivity index (χ1) is 8.40. The Labute approximate surface area is 114 Å². The summed E-state index contributed by atoms with van der Waals surface area (Å²) in [6, 6.07) is 5.88. The quantitative estimate of drug-likeness (QED) is 0.523. The maximum absolute atomic E-state index is 11.0. The van der Waals surface area contributed by atoms with Crippen LogP contribution in [-0.2, 0) is 23.0 Å². The van der Waals surface area contributed by atoms with E-state index in [9.17, 15) is 8.42 Å². The van der Waals surface area contributed by atoms with E-state index in [0.717, 1.165) is 36.0 Å². The number of thiol groups is 1. The van der Waals surface area contributed by atoms with Gasteiger partial charge in [0.2, 0.25) is 10.0 Å². The lowest BCUT2D eigenvalue weighted by Gasteiger charge is -2.08. The van der Waals surface area contributed by atoms with E-state index in [-0.39, 0.29) is 0 Å². The SMILES string of the molecule is CS(=O)(=O)NCc1cc(S)cc(CCCCN)c1. The van der Waals surface area contributed by atoms with Gasteiger partial charge in [-0.25, -0.2) is 13.1 Å². The first-order valence-corrected chi connectivity index (χ1v) is 8.21. The third kappa shape index (κ3) is 6.39. The van der Waals surface area contributed by atoms with E-state index < -0.39 is 10.0 Å². The Kier molecular flexibility index (Phi) is 6.14. The molecule has 1 aromatic rings. The van der Waals surface area contributed by atoms with Crippen molar-refractivity contribution in [3.63, 3.8) is 0 Å². The molecule has 1 aromatic carbocycles. The van der Waals surface area contributed by atoms with Gasteiger partial charge in [-0.05, 0) is 49.1 Å². The summed E-state index contributed by atoms with van der Waals surface area (Å²) in [6.45, 7) is 1.00. The van der Waals surface area contributed by atoms with Crippen LogP contribution in [-0.4, -0.2) is 21.2 Å². The summed E-state index contributed by atoms with van der Waals surface area (Å²) in [5.74, 6) is 0. The second-order valence-electron chi connectivity index (χ2n) is 4.35. The van der Waals surface area contributed by atoms with Gasteiger partial charge in [0.05, 0.1) is 6.26 Å². The third-order valence-electron chi connectivity index (χ3n) is 2.50. The van der Waals surface area contributed by atoms with E-state index in [1.54, 1.807) is 0 Å². The van der Waals surface area contributed by atoms with Crippen molar-refractivity contribution in [2.24, 2.45) is 5.73 Å². The molecule has 0 aliphatic rings. The molecule has 4 nitrogen and oxygen atoms in total. The summed E-state index contributed by atoms with van der Waals surface area (Å²) in [6.07, 6.45) is 4.12. The smallest absolute Gasteiger partial charge is 0.209 e. The number of sulfonamides is 1. The molecule has 18 heavy (non-hydrogen) atoms. The van der Waals surface area contributed by atoms with Gasteiger partial charge in [-0.1, -0.05) is 6.07 Å². The highest BCUT2D eigenvalue weighted by atomic mass is 32.2. The van der Waals surface area contributed by atoms with E-state index in [1.807, 2.05) is 18.2 Å². The molecule has 0 saturated carbocycles. The molecule has 0 fully saturated rings. The fourth-order valence-corrected chi connectivity index (χ4v) is 2.44. The second-order valence-corrected chi connectivity index (χ2v) is 6.70. The van der Waals surface area contributed by atoms with E-state index in [4.69, 9.17) is 5.73 Å². The highest BCUT2D eigenvalue weighted by molar-refractivity contribution is 7.88. The lowest BCUT2D eigenvalue weighted by atomic mass is 10.1. The Bertz CT molecular complexity index is 487. The van der Waals surface area contributed by atoms with Crippen LogP contribution in [0.5, 0.6) is 0 Å². The minimum Gasteiger partial charge on any atom is -0.330 e. The van der Waals surface area contributed by atoms with E-state index in [2.05, 4.69) is 17.4 Å². The van der Waals surface area contributed by atoms with Crippen LogP contribution >= 0.6 is 12.6 Å². The van der Waals surface area contributed by atoms with Gasteiger partial charge in [-0.3, -0.25) is 0 Å². The molecule has 0 aromatic heterocycles. The van der Waals surface area contributed by atoms with Crippen LogP contribution in [0.2, 0.25) is 0 Å². The Morgan fingerprint density at radius 1 is 1.22 bits per heavy atom. The van der Waals surface area contributed by atoms with Crippen LogP contribution in [0, 0.1) is 0 Å². The van der Waals surface area contributed by atoms with E-state index in [0.29, 0.717) is 13.1 Å². The predicted octanol–water partition coefficient (Wildman–Crippen LogP) is 1.31. The van der Waals surface area contributed by atoms with Crippen LogP contribution in [0.3, 0.4) is 0 Å². The molecule has 0 heterocycles. The molecule has 0 unspecified atom stereocenters. The molecular weight excluding hydrogens is 268 g/mol. The minimum atomic E-state index is -3.16. The van der Waals surface area contributed by atoms with Gasteiger partial charge in [0.1, 0.15) is 0 Å². The van der Waals surface area contributed by atoms with Crippen molar-refractivity contribution in [2.75, 3.05) is 12.8 Å². The molecule has 0 radical (unpaired) electrons. The molecule has 1 rings (SSSR count). The Hall–Kier alpha value is -0.560. The zero-order chi connectivity index (χ0) is 13.6. The van der Waals surface area contributed by atoms with E-state index in [1.165, 1.54) is 5.56 Å². The molecule has 0 saturated heterocycles. The summed E-state index contributed by atoms with van der Waals surface area (Å²) in [5.41, 5.74) is 7.55. The topological polar surface area (TPSA) is 72.2 Å². The van der Waals surface area contributed by atoms with Crippen molar-refractivity contribution in [1.29, 1.82) is 0 Å². The largest absolute Gasteiger partial charge is 0.330 e. The summed E-state index contributed by atoms with van der Waals surface area (Å²) < 4.78 is 24.6. The summed E-state index contributed by atoms with van der Waals surface area (Å²) in [4.78, 5) is 0.852. The standard InChI is InChI=1S/C12H20N2O2S2/c1-18(15,16)14-9-11-6-10(4-2-3-5-13)7-12(17)8-11/h6-8,14,17H,2-5,9,13H2,1H3. The van der Waals surface area contributed by atoms with Crippen molar-refractivity contribution in [2.45, 2.75) is 30.7 Å². The van der Waals surface area contributed by atoms with Crippen LogP contribution in [0.15, 0.2) is 23.1 Å². The molecule has 3 N–H and O–H groups in total. The normalized spacial score (nSPS) is 11.7. The zero-order valence-corrected chi connectivity index (χ0v) is 12.2. The first kappa shape index (κ1) is 15.5. The Morgan fingerprint density at radius 2 is 1.89 bits per heavy atom. The van der Waals surface area contributed by atoms with Crippen LogP contribution in [0.25, 0.3) is 0 Å². The average molecular weight is 288 g/mol. The van der Waals surface area contributed by atoms with Crippen LogP contribution < -0.4 is 10.5 Å². The maximum Gasteiger partial charge on any atom is 0.209 e. The molecule has 6 heteroatoms. The second kappa shape index (κ2) is 7.13. The molecule has 0 bridgehead atoms. The number of aryl methyl sites for hydroxylation is 1. The van der Waals surface area contributed by atoms with Crippen LogP contribution in [0.1, 0.15) is 24.0 Å². The van der Waals surface area contributed by atoms with Gasteiger partial charge in [0.25, 0.3) is 0 Å². The van der Waals surface area contributed by atoms with Crippen molar-refractivity contribution < 1.29 is 8.42 Å². The van der Waals surface area contributed by atoms with Gasteiger partial charge in [-0.2, -0.15) is 0 Å². The lowest BCUT2D eigenvalue weighted by molar-refractivity contribution is 0.587. The van der Waals surface area contributed by atoms with Crippen LogP contribution in [0.4, 0.5) is 0 Å². The Balaban J connectivity index is 2.68. The van der Waals surface area contributed by atoms with Gasteiger partial charge >= 0.3 is 0 Å². The average Bonchev–Trinajstić information content (AvgIpc) is 2.25. The number of hydrogen-bond donors (Lipinski definition) is 3. The van der Waals surface area contributed by atoms with Crippen molar-refractivity contribution in [3.8, 4) is 0 Å². The summed E-state index contributed by atoms with van der Waals surface area (Å²) >= 11 is 4.33. The number of hydrogen-bond acceptors (Lipinski definition) is 4. The van der Waals surface area contributed by atoms with Gasteiger partial charge in [0, 0.05) is 11.4 Å². The first-order valence-electron chi connectivity index (χ1n) is 5.87. The molecular formula is C12H20N2O2S2. The van der Waals surface area contributed by atoms with Gasteiger partial charge < -0.3 is 5.73 Å². The van der Waals surface area contributed by atoms with Crippen molar-refractivity contribution >= 4 is 22.7 Å². The van der Waals surface area contributed by atoms with Crippen molar-refractivity contribution in [1.82, 2.24) is 4.72 Å². The number of benzene rings is 1. The van der Waals surface area contributed by atoms with Crippen molar-refractivity contribution in [3.05, 3.63) is 29.3 Å². The number of unbranched alkanes of at least 4 members (excludes halogenated alkanes) is 1. The fraction of sp³-hybridized carbons (Fsp3) is 0.500. The third-order valence-corrected chi connectivity index (χ3v) is 3.42. The predicted molar refractivity (Wildman–Crippen MR) is 77.4 cm³/mol. The molecule has 0 aliphatic heterocycles. The van der Waals surface area contributed by atoms with Gasteiger partial charge in [-0.15, -0.1) is 12.6 Å². The van der Waals surface area contributed by atoms with Gasteiger partial charge in [0.15, 0.2) is 0 Å². The molecule has 0 atom stereocenters. The molecule has 0 amide bonds. The number of rotatable bonds is 7. The lowest BCUT2D eigenvalue weighted by Crippen LogP contribution is -2.21. The number of nitrogens with one attached hydrogen (secondary N) is 1. The molecule has 0 aliphatic carbocycles. The fourth-order valence-electron chi connectivity index (χ4n) is 1.68. The number of nitrogens with two attached hydrogens (primary N) is 1. The maximum atomic E-state index is 11.0. The summed E-state index contributed by atoms with van der Waals surface area (Å²) in [7, 11) is -3.16. The molecule has 102 valence electrons. The summed E-state index contributed by atoms with van der Waals surface area (Å²) in [5, 5.41) is 0. The zero-order valence-electron chi connectivity index (χ0n) is 10.5. The van der Waals surface area contributed by atoms with E-state index >= 15 is 0 Å². The minimum absolute atomic E-state index is 0.303. The highest BCUT2D eigenvalue weighted by Gasteiger charge is 2.03. The highest BCUT2D eigenvalue weighted by Crippen LogP contribution is 2.15. The monoisotopic (exact) mass is 288 g/mol. The molecule has 0 spiro atoms.